The third kappa shape index (κ3) is 7.52. The third-order valence-corrected chi connectivity index (χ3v) is 4.66. The van der Waals surface area contributed by atoms with Gasteiger partial charge < -0.3 is 19.9 Å². The number of nitrogens with one attached hydrogen (secondary N) is 1. The number of piperazine rings is 1. The van der Waals surface area contributed by atoms with Gasteiger partial charge in [0, 0.05) is 46.1 Å². The summed E-state index contributed by atoms with van der Waals surface area (Å²) in [6.07, 6.45) is 0.208. The van der Waals surface area contributed by atoms with Crippen LogP contribution in [0.4, 0.5) is 4.39 Å². The topological polar surface area (TPSA) is 96.0 Å². The van der Waals surface area contributed by atoms with Crippen LogP contribution < -0.4 is 5.32 Å². The molecule has 0 saturated carbocycles. The summed E-state index contributed by atoms with van der Waals surface area (Å²) in [6.45, 7) is 3.13. The molecule has 29 heavy (non-hydrogen) atoms. The van der Waals surface area contributed by atoms with Crippen molar-refractivity contribution in [3.63, 3.8) is 0 Å². The maximum atomic E-state index is 13.5. The van der Waals surface area contributed by atoms with Crippen LogP contribution in [0.3, 0.4) is 0 Å². The Morgan fingerprint density at radius 1 is 1.03 bits per heavy atom. The van der Waals surface area contributed by atoms with Gasteiger partial charge in [-0.2, -0.15) is 0 Å². The van der Waals surface area contributed by atoms with Crippen LogP contribution in [0.5, 0.6) is 0 Å². The highest BCUT2D eigenvalue weighted by Gasteiger charge is 2.22. The summed E-state index contributed by atoms with van der Waals surface area (Å²) in [7, 11) is 0. The molecule has 0 unspecified atom stereocenters. The Balaban J connectivity index is 1.58. The SMILES string of the molecule is CC(=O)N1CCN(C(=O)CCC(=O)OCC(=O)NCCc2ccccc2F)CC1. The molecule has 2 rings (SSSR count). The van der Waals surface area contributed by atoms with Gasteiger partial charge in [-0.25, -0.2) is 4.39 Å². The fraction of sp³-hybridized carbons (Fsp3) is 0.500. The number of carbonyl (C=O) groups excluding carboxylic acids is 4. The molecule has 0 atom stereocenters. The van der Waals surface area contributed by atoms with Crippen LogP contribution in [0, 0.1) is 5.82 Å². The minimum absolute atomic E-state index is 0.00614. The highest BCUT2D eigenvalue weighted by molar-refractivity contribution is 5.84. The summed E-state index contributed by atoms with van der Waals surface area (Å²) < 4.78 is 18.3. The minimum Gasteiger partial charge on any atom is -0.456 e. The summed E-state index contributed by atoms with van der Waals surface area (Å²) in [5.41, 5.74) is 0.493. The minimum atomic E-state index is -0.634. The van der Waals surface area contributed by atoms with Crippen LogP contribution in [-0.4, -0.2) is 72.8 Å². The first-order valence-corrected chi connectivity index (χ1v) is 9.56. The van der Waals surface area contributed by atoms with Crippen molar-refractivity contribution in [1.29, 1.82) is 0 Å². The molecule has 0 spiro atoms. The average Bonchev–Trinajstić information content (AvgIpc) is 2.72. The molecule has 1 heterocycles. The zero-order chi connectivity index (χ0) is 21.2. The molecule has 1 aliphatic heterocycles. The Morgan fingerprint density at radius 2 is 1.69 bits per heavy atom. The second-order valence-electron chi connectivity index (χ2n) is 6.74. The van der Waals surface area contributed by atoms with Crippen molar-refractivity contribution in [3.8, 4) is 0 Å². The Labute approximate surface area is 169 Å². The molecule has 0 bridgehead atoms. The normalized spacial score (nSPS) is 13.7. The van der Waals surface area contributed by atoms with Crippen LogP contribution in [0.2, 0.25) is 0 Å². The zero-order valence-corrected chi connectivity index (χ0v) is 16.5. The van der Waals surface area contributed by atoms with Crippen LogP contribution >= 0.6 is 0 Å². The van der Waals surface area contributed by atoms with E-state index in [-0.39, 0.29) is 37.0 Å². The van der Waals surface area contributed by atoms with Crippen LogP contribution in [0.25, 0.3) is 0 Å². The van der Waals surface area contributed by atoms with Gasteiger partial charge in [0.2, 0.25) is 11.8 Å². The first kappa shape index (κ1) is 22.3. The second kappa shape index (κ2) is 11.1. The van der Waals surface area contributed by atoms with Gasteiger partial charge in [0.15, 0.2) is 6.61 Å². The van der Waals surface area contributed by atoms with Crippen LogP contribution in [0.1, 0.15) is 25.3 Å². The Hall–Kier alpha value is -2.97. The van der Waals surface area contributed by atoms with E-state index in [0.29, 0.717) is 38.2 Å². The van der Waals surface area contributed by atoms with Crippen molar-refractivity contribution < 1.29 is 28.3 Å². The zero-order valence-electron chi connectivity index (χ0n) is 16.5. The molecule has 0 aliphatic carbocycles. The molecule has 0 radical (unpaired) electrons. The molecule has 1 aliphatic rings. The number of ether oxygens (including phenoxy) is 1. The summed E-state index contributed by atoms with van der Waals surface area (Å²) in [5.74, 6) is -1.65. The first-order chi connectivity index (χ1) is 13.9. The van der Waals surface area contributed by atoms with E-state index in [2.05, 4.69) is 5.32 Å². The maximum absolute atomic E-state index is 13.5. The molecule has 9 heteroatoms. The summed E-state index contributed by atoms with van der Waals surface area (Å²) in [6, 6.07) is 6.29. The lowest BCUT2D eigenvalue weighted by Gasteiger charge is -2.34. The van der Waals surface area contributed by atoms with Gasteiger partial charge in [0.25, 0.3) is 5.91 Å². The highest BCUT2D eigenvalue weighted by Crippen LogP contribution is 2.07. The lowest BCUT2D eigenvalue weighted by Crippen LogP contribution is -2.50. The molecule has 1 N–H and O–H groups in total. The lowest BCUT2D eigenvalue weighted by molar-refractivity contribution is -0.150. The highest BCUT2D eigenvalue weighted by atomic mass is 19.1. The van der Waals surface area contributed by atoms with Crippen molar-refractivity contribution in [2.24, 2.45) is 0 Å². The summed E-state index contributed by atoms with van der Waals surface area (Å²) >= 11 is 0. The molecule has 8 nitrogen and oxygen atoms in total. The lowest BCUT2D eigenvalue weighted by atomic mass is 10.1. The average molecular weight is 407 g/mol. The molecular formula is C20H26FN3O5. The molecule has 0 aromatic heterocycles. The van der Waals surface area contributed by atoms with E-state index in [9.17, 15) is 23.6 Å². The monoisotopic (exact) mass is 407 g/mol. The van der Waals surface area contributed by atoms with E-state index in [0.717, 1.165) is 0 Å². The standard InChI is InChI=1S/C20H26FN3O5/c1-15(25)23-10-12-24(13-11-23)19(27)6-7-20(28)29-14-18(26)22-9-8-16-4-2-3-5-17(16)21/h2-5H,6-14H2,1H3,(H,22,26). The molecule has 1 aromatic carbocycles. The predicted octanol–water partition coefficient (Wildman–Crippen LogP) is 0.499. The number of esters is 1. The largest absolute Gasteiger partial charge is 0.456 e. The first-order valence-electron chi connectivity index (χ1n) is 9.56. The van der Waals surface area contributed by atoms with Crippen molar-refractivity contribution in [2.75, 3.05) is 39.3 Å². The van der Waals surface area contributed by atoms with E-state index in [1.54, 1.807) is 28.0 Å². The predicted molar refractivity (Wildman–Crippen MR) is 102 cm³/mol. The third-order valence-electron chi connectivity index (χ3n) is 4.66. The van der Waals surface area contributed by atoms with Crippen molar-refractivity contribution in [3.05, 3.63) is 35.6 Å². The number of carbonyl (C=O) groups is 4. The molecule has 1 aromatic rings. The van der Waals surface area contributed by atoms with Gasteiger partial charge in [-0.3, -0.25) is 19.2 Å². The number of benzene rings is 1. The molecule has 1 saturated heterocycles. The Morgan fingerprint density at radius 3 is 2.34 bits per heavy atom. The van der Waals surface area contributed by atoms with E-state index in [1.165, 1.54) is 13.0 Å². The fourth-order valence-corrected chi connectivity index (χ4v) is 2.94. The van der Waals surface area contributed by atoms with Gasteiger partial charge in [-0.15, -0.1) is 0 Å². The molecule has 158 valence electrons. The number of amides is 3. The van der Waals surface area contributed by atoms with Crippen molar-refractivity contribution >= 4 is 23.7 Å². The summed E-state index contributed by atoms with van der Waals surface area (Å²) in [4.78, 5) is 50.1. The van der Waals surface area contributed by atoms with Crippen molar-refractivity contribution in [1.82, 2.24) is 15.1 Å². The quantitative estimate of drug-likeness (QED) is 0.633. The van der Waals surface area contributed by atoms with Crippen molar-refractivity contribution in [2.45, 2.75) is 26.2 Å². The Bertz CT molecular complexity index is 747. The summed E-state index contributed by atoms with van der Waals surface area (Å²) in [5, 5.41) is 2.55. The van der Waals surface area contributed by atoms with E-state index in [1.807, 2.05) is 0 Å². The Kier molecular flexibility index (Phi) is 8.57. The number of nitrogens with zero attached hydrogens (tertiary/aromatic N) is 2. The second-order valence-corrected chi connectivity index (χ2v) is 6.74. The molecule has 3 amide bonds. The molecular weight excluding hydrogens is 381 g/mol. The number of hydrogen-bond acceptors (Lipinski definition) is 5. The maximum Gasteiger partial charge on any atom is 0.306 e. The number of rotatable bonds is 8. The van der Waals surface area contributed by atoms with Gasteiger partial charge in [-0.05, 0) is 18.1 Å². The van der Waals surface area contributed by atoms with Crippen LogP contribution in [0.15, 0.2) is 24.3 Å². The number of hydrogen-bond donors (Lipinski definition) is 1. The van der Waals surface area contributed by atoms with E-state index in [4.69, 9.17) is 4.74 Å². The van der Waals surface area contributed by atoms with Gasteiger partial charge in [0.05, 0.1) is 6.42 Å². The van der Waals surface area contributed by atoms with E-state index < -0.39 is 18.5 Å². The van der Waals surface area contributed by atoms with E-state index >= 15 is 0 Å². The fourth-order valence-electron chi connectivity index (χ4n) is 2.94. The molecule has 1 fully saturated rings. The van der Waals surface area contributed by atoms with Gasteiger partial charge in [0.1, 0.15) is 5.82 Å². The van der Waals surface area contributed by atoms with Crippen LogP contribution in [-0.2, 0) is 30.3 Å². The van der Waals surface area contributed by atoms with Gasteiger partial charge >= 0.3 is 5.97 Å². The van der Waals surface area contributed by atoms with Gasteiger partial charge in [-0.1, -0.05) is 18.2 Å². The number of halogens is 1. The smallest absolute Gasteiger partial charge is 0.306 e.